The van der Waals surface area contributed by atoms with Gasteiger partial charge in [-0.3, -0.25) is 9.59 Å². The predicted molar refractivity (Wildman–Crippen MR) is 85.0 cm³/mol. The summed E-state index contributed by atoms with van der Waals surface area (Å²) in [4.78, 5) is 46.3. The van der Waals surface area contributed by atoms with Gasteiger partial charge >= 0.3 is 6.09 Å². The van der Waals surface area contributed by atoms with Crippen LogP contribution in [0.25, 0.3) is 0 Å². The molecule has 9 heteroatoms. The maximum atomic E-state index is 12.7. The molecule has 1 atom stereocenters. The van der Waals surface area contributed by atoms with Gasteiger partial charge in [-0.1, -0.05) is 13.8 Å². The minimum Gasteiger partial charge on any atom is -0.448 e. The highest BCUT2D eigenvalue weighted by molar-refractivity contribution is 5.94. The number of hydroxylamine groups is 2. The first kappa shape index (κ1) is 17.9. The number of ether oxygens (including phenoxy) is 2. The predicted octanol–water partition coefficient (Wildman–Crippen LogP) is 0.202. The lowest BCUT2D eigenvalue weighted by Crippen LogP contribution is -2.71. The number of hydrogen-bond donors (Lipinski definition) is 0. The SMILES string of the molecule is COCCN1CC2N(CC1=O)C(=O)C1(CC1)ON2C(=O)OCC(C)C. The fraction of sp³-hybridized carbons (Fsp3) is 0.812. The summed E-state index contributed by atoms with van der Waals surface area (Å²) in [6.45, 7) is 5.04. The van der Waals surface area contributed by atoms with Gasteiger partial charge < -0.3 is 19.3 Å². The van der Waals surface area contributed by atoms with E-state index in [4.69, 9.17) is 14.3 Å². The zero-order chi connectivity index (χ0) is 18.2. The van der Waals surface area contributed by atoms with Gasteiger partial charge in [0, 0.05) is 13.7 Å². The molecule has 25 heavy (non-hydrogen) atoms. The Bertz CT molecular complexity index is 562. The first-order chi connectivity index (χ1) is 11.9. The van der Waals surface area contributed by atoms with E-state index in [1.807, 2.05) is 13.8 Å². The number of nitrogens with zero attached hydrogens (tertiary/aromatic N) is 3. The van der Waals surface area contributed by atoms with Crippen molar-refractivity contribution in [3.63, 3.8) is 0 Å². The summed E-state index contributed by atoms with van der Waals surface area (Å²) in [6.07, 6.45) is -0.202. The van der Waals surface area contributed by atoms with Crippen molar-refractivity contribution in [2.24, 2.45) is 5.92 Å². The standard InChI is InChI=1S/C16H25N3O6/c1-11(2)10-24-15(22)19-12-8-17(6-7-23-3)13(20)9-18(12)14(21)16(25-19)4-5-16/h11-12H,4-10H2,1-3H3. The van der Waals surface area contributed by atoms with E-state index in [2.05, 4.69) is 0 Å². The average Bonchev–Trinajstić information content (AvgIpc) is 3.35. The van der Waals surface area contributed by atoms with Gasteiger partial charge in [-0.15, -0.1) is 0 Å². The molecule has 9 nitrogen and oxygen atoms in total. The number of rotatable bonds is 5. The lowest BCUT2D eigenvalue weighted by atomic mass is 10.1. The summed E-state index contributed by atoms with van der Waals surface area (Å²) in [7, 11) is 1.56. The van der Waals surface area contributed by atoms with Crippen LogP contribution >= 0.6 is 0 Å². The number of fused-ring (bicyclic) bond motifs is 1. The van der Waals surface area contributed by atoms with Gasteiger partial charge in [0.1, 0.15) is 6.54 Å². The van der Waals surface area contributed by atoms with Crippen molar-refractivity contribution >= 4 is 17.9 Å². The molecule has 1 spiro atoms. The number of methoxy groups -OCH3 is 1. The summed E-state index contributed by atoms with van der Waals surface area (Å²) >= 11 is 0. The molecule has 0 aromatic heterocycles. The molecule has 1 saturated carbocycles. The molecule has 3 rings (SSSR count). The van der Waals surface area contributed by atoms with Gasteiger partial charge in [0.25, 0.3) is 5.91 Å². The zero-order valence-corrected chi connectivity index (χ0v) is 14.9. The van der Waals surface area contributed by atoms with Crippen molar-refractivity contribution in [1.82, 2.24) is 14.9 Å². The highest BCUT2D eigenvalue weighted by Crippen LogP contribution is 2.46. The Labute approximate surface area is 146 Å². The minimum atomic E-state index is -0.998. The number of piperazine rings is 1. The number of hydrogen-bond acceptors (Lipinski definition) is 6. The molecule has 2 saturated heterocycles. The molecule has 2 heterocycles. The fourth-order valence-electron chi connectivity index (χ4n) is 3.00. The lowest BCUT2D eigenvalue weighted by molar-refractivity contribution is -0.269. The molecule has 0 aromatic rings. The largest absolute Gasteiger partial charge is 0.448 e. The number of carbonyl (C=O) groups is 3. The zero-order valence-electron chi connectivity index (χ0n) is 14.9. The Kier molecular flexibility index (Phi) is 4.88. The van der Waals surface area contributed by atoms with Crippen LogP contribution in [0, 0.1) is 5.92 Å². The normalized spacial score (nSPS) is 24.8. The maximum absolute atomic E-state index is 12.7. The first-order valence-corrected chi connectivity index (χ1v) is 8.61. The summed E-state index contributed by atoms with van der Waals surface area (Å²) < 4.78 is 10.3. The topological polar surface area (TPSA) is 88.6 Å². The van der Waals surface area contributed by atoms with E-state index in [0.29, 0.717) is 26.0 Å². The molecule has 3 amide bonds. The number of amides is 3. The van der Waals surface area contributed by atoms with Gasteiger partial charge in [-0.05, 0) is 18.8 Å². The highest BCUT2D eigenvalue weighted by atomic mass is 16.8. The van der Waals surface area contributed by atoms with Crippen LogP contribution in [-0.2, 0) is 23.9 Å². The van der Waals surface area contributed by atoms with Gasteiger partial charge in [0.2, 0.25) is 5.91 Å². The molecule has 0 N–H and O–H groups in total. The Morgan fingerprint density at radius 1 is 1.36 bits per heavy atom. The van der Waals surface area contributed by atoms with Crippen LogP contribution in [0.3, 0.4) is 0 Å². The van der Waals surface area contributed by atoms with Gasteiger partial charge in [0.05, 0.1) is 19.8 Å². The minimum absolute atomic E-state index is 0.0632. The molecule has 3 fully saturated rings. The average molecular weight is 355 g/mol. The molecule has 0 bridgehead atoms. The second-order valence-electron chi connectivity index (χ2n) is 7.13. The van der Waals surface area contributed by atoms with E-state index in [1.54, 1.807) is 12.0 Å². The molecule has 140 valence electrons. The van der Waals surface area contributed by atoms with E-state index in [0.717, 1.165) is 5.06 Å². The lowest BCUT2D eigenvalue weighted by Gasteiger charge is -2.49. The van der Waals surface area contributed by atoms with Crippen molar-refractivity contribution in [3.05, 3.63) is 0 Å². The second-order valence-corrected chi connectivity index (χ2v) is 7.13. The molecule has 0 aromatic carbocycles. The van der Waals surface area contributed by atoms with E-state index >= 15 is 0 Å². The van der Waals surface area contributed by atoms with Crippen LogP contribution in [0.1, 0.15) is 26.7 Å². The Hall–Kier alpha value is -1.87. The summed E-state index contributed by atoms with van der Waals surface area (Å²) in [6, 6.07) is 0. The van der Waals surface area contributed by atoms with E-state index < -0.39 is 17.9 Å². The molecular formula is C16H25N3O6. The van der Waals surface area contributed by atoms with Gasteiger partial charge in [-0.2, -0.15) is 5.06 Å². The van der Waals surface area contributed by atoms with E-state index in [1.165, 1.54) is 4.90 Å². The first-order valence-electron chi connectivity index (χ1n) is 8.61. The van der Waals surface area contributed by atoms with Crippen molar-refractivity contribution in [3.8, 4) is 0 Å². The monoisotopic (exact) mass is 355 g/mol. The van der Waals surface area contributed by atoms with Crippen LogP contribution in [0.2, 0.25) is 0 Å². The molecular weight excluding hydrogens is 330 g/mol. The third-order valence-electron chi connectivity index (χ3n) is 4.59. The van der Waals surface area contributed by atoms with Gasteiger partial charge in [0.15, 0.2) is 11.8 Å². The van der Waals surface area contributed by atoms with Crippen molar-refractivity contribution in [2.75, 3.05) is 40.0 Å². The summed E-state index contributed by atoms with van der Waals surface area (Å²) in [5.41, 5.74) is -0.998. The van der Waals surface area contributed by atoms with E-state index in [-0.39, 0.29) is 37.4 Å². The summed E-state index contributed by atoms with van der Waals surface area (Å²) in [5, 5.41) is 1.14. The summed E-state index contributed by atoms with van der Waals surface area (Å²) in [5.74, 6) is -0.188. The molecule has 2 aliphatic heterocycles. The maximum Gasteiger partial charge on any atom is 0.436 e. The molecule has 1 aliphatic carbocycles. The Morgan fingerprint density at radius 3 is 2.68 bits per heavy atom. The smallest absolute Gasteiger partial charge is 0.436 e. The van der Waals surface area contributed by atoms with Crippen LogP contribution in [-0.4, -0.2) is 84.5 Å². The van der Waals surface area contributed by atoms with Crippen molar-refractivity contribution in [1.29, 1.82) is 0 Å². The highest BCUT2D eigenvalue weighted by Gasteiger charge is 2.63. The van der Waals surface area contributed by atoms with Crippen molar-refractivity contribution < 1.29 is 28.7 Å². The third kappa shape index (κ3) is 3.43. The van der Waals surface area contributed by atoms with Gasteiger partial charge in [-0.25, -0.2) is 9.63 Å². The Morgan fingerprint density at radius 2 is 2.08 bits per heavy atom. The van der Waals surface area contributed by atoms with Crippen LogP contribution in [0.5, 0.6) is 0 Å². The van der Waals surface area contributed by atoms with Crippen LogP contribution < -0.4 is 0 Å². The van der Waals surface area contributed by atoms with Crippen LogP contribution in [0.15, 0.2) is 0 Å². The van der Waals surface area contributed by atoms with E-state index in [9.17, 15) is 14.4 Å². The molecule has 1 unspecified atom stereocenters. The number of carbonyl (C=O) groups excluding carboxylic acids is 3. The Balaban J connectivity index is 1.77. The van der Waals surface area contributed by atoms with Crippen LogP contribution in [0.4, 0.5) is 4.79 Å². The molecule has 0 radical (unpaired) electrons. The van der Waals surface area contributed by atoms with Crippen molar-refractivity contribution in [2.45, 2.75) is 38.5 Å². The molecule has 3 aliphatic rings. The quantitative estimate of drug-likeness (QED) is 0.700. The fourth-order valence-corrected chi connectivity index (χ4v) is 3.00. The third-order valence-corrected chi connectivity index (χ3v) is 4.59. The second kappa shape index (κ2) is 6.80.